The van der Waals surface area contributed by atoms with Gasteiger partial charge in [-0.25, -0.2) is 13.6 Å². The van der Waals surface area contributed by atoms with E-state index in [1.54, 1.807) is 30.3 Å². The van der Waals surface area contributed by atoms with Gasteiger partial charge in [-0.2, -0.15) is 0 Å². The van der Waals surface area contributed by atoms with E-state index in [0.29, 0.717) is 16.7 Å². The van der Waals surface area contributed by atoms with Gasteiger partial charge in [0.15, 0.2) is 0 Å². The third-order valence-corrected chi connectivity index (χ3v) is 9.42. The molecule has 0 heterocycles. The third-order valence-electron chi connectivity index (χ3n) is 8.43. The van der Waals surface area contributed by atoms with Gasteiger partial charge in [-0.05, 0) is 59.6 Å². The number of nitrogens with zero attached hydrogens (tertiary/aromatic N) is 2. The van der Waals surface area contributed by atoms with E-state index in [2.05, 4.69) is 6.58 Å². The molecule has 5 aromatic rings. The first kappa shape index (κ1) is 33.4. The highest BCUT2D eigenvalue weighted by molar-refractivity contribution is 7.89. The lowest BCUT2D eigenvalue weighted by atomic mass is 9.79. The third kappa shape index (κ3) is 7.08. The van der Waals surface area contributed by atoms with Crippen LogP contribution in [0.1, 0.15) is 39.3 Å². The van der Waals surface area contributed by atoms with Crippen molar-refractivity contribution in [1.29, 1.82) is 0 Å². The van der Waals surface area contributed by atoms with Crippen molar-refractivity contribution >= 4 is 21.8 Å². The van der Waals surface area contributed by atoms with Crippen molar-refractivity contribution < 1.29 is 18.1 Å². The Balaban J connectivity index is 1.74. The van der Waals surface area contributed by atoms with Gasteiger partial charge in [-0.15, -0.1) is 0 Å². The maximum atomic E-state index is 13.0. The van der Waals surface area contributed by atoms with Crippen LogP contribution in [0.5, 0.6) is 0 Å². The summed E-state index contributed by atoms with van der Waals surface area (Å²) in [5.41, 5.74) is 3.43. The molecule has 0 unspecified atom stereocenters. The van der Waals surface area contributed by atoms with Gasteiger partial charge in [0.05, 0.1) is 16.4 Å². The Morgan fingerprint density at radius 3 is 1.72 bits per heavy atom. The number of nitro groups is 1. The molecule has 9 heteroatoms. The second-order valence-electron chi connectivity index (χ2n) is 11.5. The molecule has 8 nitrogen and oxygen atoms in total. The second kappa shape index (κ2) is 14.2. The highest BCUT2D eigenvalue weighted by atomic mass is 32.2. The minimum atomic E-state index is -4.17. The van der Waals surface area contributed by atoms with Gasteiger partial charge in [-0.1, -0.05) is 122 Å². The number of hydrogen-bond donors (Lipinski definition) is 1. The van der Waals surface area contributed by atoms with Crippen LogP contribution < -0.4 is 5.14 Å². The van der Waals surface area contributed by atoms with Crippen LogP contribution in [0.15, 0.2) is 145 Å². The molecular weight excluding hydrogens is 611 g/mol. The fraction of sp³-hybridized carbons (Fsp3) is 0.158. The fourth-order valence-corrected chi connectivity index (χ4v) is 6.90. The fourth-order valence-electron chi connectivity index (χ4n) is 6.13. The van der Waals surface area contributed by atoms with Crippen LogP contribution in [0.2, 0.25) is 0 Å². The SMILES string of the molecule is C=Cc1ccc(S(N)(=O)=O)c([C@@H](c2ccc([N+](=O)[O-])cc2)[C@H](COC(c2ccccc2)(c2ccccc2)c2ccccc2)N(C)C)c1. The van der Waals surface area contributed by atoms with Crippen LogP contribution in [-0.4, -0.2) is 45.0 Å². The number of nitro benzene ring substituents is 1. The predicted molar refractivity (Wildman–Crippen MR) is 185 cm³/mol. The van der Waals surface area contributed by atoms with E-state index in [1.165, 1.54) is 18.2 Å². The van der Waals surface area contributed by atoms with Crippen LogP contribution in [-0.2, 0) is 20.4 Å². The Kier molecular flexibility index (Phi) is 10.1. The highest BCUT2D eigenvalue weighted by Crippen LogP contribution is 2.42. The van der Waals surface area contributed by atoms with Crippen LogP contribution in [0.25, 0.3) is 6.08 Å². The van der Waals surface area contributed by atoms with Gasteiger partial charge < -0.3 is 9.64 Å². The minimum Gasteiger partial charge on any atom is -0.359 e. The Bertz CT molecular complexity index is 1840. The lowest BCUT2D eigenvalue weighted by Crippen LogP contribution is -2.43. The number of benzene rings is 5. The zero-order chi connectivity index (χ0) is 33.6. The van der Waals surface area contributed by atoms with Crippen molar-refractivity contribution in [1.82, 2.24) is 4.90 Å². The molecule has 0 fully saturated rings. The highest BCUT2D eigenvalue weighted by Gasteiger charge is 2.40. The molecule has 0 aliphatic heterocycles. The first-order chi connectivity index (χ1) is 22.6. The molecule has 0 radical (unpaired) electrons. The zero-order valence-electron chi connectivity index (χ0n) is 26.3. The van der Waals surface area contributed by atoms with E-state index in [-0.39, 0.29) is 17.2 Å². The maximum Gasteiger partial charge on any atom is 0.269 e. The number of likely N-dealkylation sites (N-methyl/N-ethyl adjacent to an activating group) is 1. The van der Waals surface area contributed by atoms with Crippen molar-refractivity contribution in [3.63, 3.8) is 0 Å². The molecule has 0 bridgehead atoms. The van der Waals surface area contributed by atoms with Gasteiger partial charge in [-0.3, -0.25) is 10.1 Å². The van der Waals surface area contributed by atoms with E-state index in [9.17, 15) is 18.5 Å². The molecular formula is C38H37N3O5S. The number of primary sulfonamides is 1. The normalized spacial score (nSPS) is 13.2. The number of rotatable bonds is 13. The smallest absolute Gasteiger partial charge is 0.269 e. The molecule has 2 N–H and O–H groups in total. The first-order valence-corrected chi connectivity index (χ1v) is 16.6. The second-order valence-corrected chi connectivity index (χ2v) is 13.0. The molecule has 5 aromatic carbocycles. The van der Waals surface area contributed by atoms with Crippen molar-refractivity contribution in [2.45, 2.75) is 22.5 Å². The molecule has 0 spiro atoms. The molecule has 47 heavy (non-hydrogen) atoms. The van der Waals surface area contributed by atoms with Gasteiger partial charge in [0, 0.05) is 24.1 Å². The van der Waals surface area contributed by atoms with Gasteiger partial charge in [0.25, 0.3) is 5.69 Å². The molecule has 0 aliphatic carbocycles. The average molecular weight is 648 g/mol. The summed E-state index contributed by atoms with van der Waals surface area (Å²) < 4.78 is 33.3. The topological polar surface area (TPSA) is 116 Å². The van der Waals surface area contributed by atoms with Crippen molar-refractivity contribution in [3.05, 3.63) is 184 Å². The number of sulfonamides is 1. The van der Waals surface area contributed by atoms with Crippen LogP contribution in [0, 0.1) is 10.1 Å². The lowest BCUT2D eigenvalue weighted by molar-refractivity contribution is -0.384. The van der Waals surface area contributed by atoms with E-state index >= 15 is 0 Å². The van der Waals surface area contributed by atoms with E-state index in [1.807, 2.05) is 110 Å². The summed E-state index contributed by atoms with van der Waals surface area (Å²) in [6.07, 6.45) is 1.63. The Hall–Kier alpha value is -4.93. The summed E-state index contributed by atoms with van der Waals surface area (Å²) in [4.78, 5) is 13.0. The number of hydrogen-bond acceptors (Lipinski definition) is 6. The molecule has 0 saturated carbocycles. The van der Waals surface area contributed by atoms with Gasteiger partial charge in [0.2, 0.25) is 10.0 Å². The Labute approximate surface area is 276 Å². The summed E-state index contributed by atoms with van der Waals surface area (Å²) in [5, 5.41) is 17.3. The van der Waals surface area contributed by atoms with Gasteiger partial charge in [0.1, 0.15) is 5.60 Å². The summed E-state index contributed by atoms with van der Waals surface area (Å²) in [6, 6.07) is 40.5. The Morgan fingerprint density at radius 2 is 1.32 bits per heavy atom. The standard InChI is InChI=1S/C38H37N3O5S/c1-4-28-20-25-36(47(39,44)45)34(26-28)37(29-21-23-33(24-22-29)41(42)43)35(40(2)3)27-46-38(30-14-8-5-9-15-30,31-16-10-6-11-17-31)32-18-12-7-13-19-32/h4-26,35,37H,1,27H2,2-3H3,(H2,39,44,45)/t35-,37+/m0/s1. The molecule has 5 rings (SSSR count). The molecule has 240 valence electrons. The van der Waals surface area contributed by atoms with Crippen LogP contribution in [0.4, 0.5) is 5.69 Å². The number of nitrogens with two attached hydrogens (primary N) is 1. The number of non-ortho nitro benzene ring substituents is 1. The molecule has 2 atom stereocenters. The Morgan fingerprint density at radius 1 is 0.830 bits per heavy atom. The summed E-state index contributed by atoms with van der Waals surface area (Å²) in [7, 11) is -0.370. The molecule has 0 saturated heterocycles. The van der Waals surface area contributed by atoms with Crippen LogP contribution >= 0.6 is 0 Å². The molecule has 0 amide bonds. The van der Waals surface area contributed by atoms with Gasteiger partial charge >= 0.3 is 0 Å². The minimum absolute atomic E-state index is 0.0428. The molecule has 0 aliphatic rings. The first-order valence-electron chi connectivity index (χ1n) is 15.1. The largest absolute Gasteiger partial charge is 0.359 e. The van der Waals surface area contributed by atoms with Crippen molar-refractivity contribution in [3.8, 4) is 0 Å². The maximum absolute atomic E-state index is 13.0. The summed E-state index contributed by atoms with van der Waals surface area (Å²) in [5.74, 6) is -0.640. The number of ether oxygens (including phenoxy) is 1. The quantitative estimate of drug-likeness (QED) is 0.0840. The predicted octanol–water partition coefficient (Wildman–Crippen LogP) is 6.96. The average Bonchev–Trinajstić information content (AvgIpc) is 3.08. The lowest BCUT2D eigenvalue weighted by Gasteiger charge is -2.40. The summed E-state index contributed by atoms with van der Waals surface area (Å²) in [6.45, 7) is 4.01. The summed E-state index contributed by atoms with van der Waals surface area (Å²) >= 11 is 0. The van der Waals surface area contributed by atoms with Crippen LogP contribution in [0.3, 0.4) is 0 Å². The van der Waals surface area contributed by atoms with E-state index in [0.717, 1.165) is 16.7 Å². The van der Waals surface area contributed by atoms with E-state index < -0.39 is 32.5 Å². The molecule has 0 aromatic heterocycles. The van der Waals surface area contributed by atoms with Crippen molar-refractivity contribution in [2.75, 3.05) is 20.7 Å². The monoisotopic (exact) mass is 647 g/mol. The van der Waals surface area contributed by atoms with Crippen molar-refractivity contribution in [2.24, 2.45) is 5.14 Å². The zero-order valence-corrected chi connectivity index (χ0v) is 27.1. The van der Waals surface area contributed by atoms with E-state index in [4.69, 9.17) is 9.88 Å².